The highest BCUT2D eigenvalue weighted by Gasteiger charge is 2.31. The number of likely N-dealkylation sites (N-methyl/N-ethyl adjacent to an activating group) is 1. The number of nitriles is 1. The van der Waals surface area contributed by atoms with Crippen LogP contribution in [0.5, 0.6) is 5.75 Å². The number of rotatable bonds is 4. The zero-order valence-corrected chi connectivity index (χ0v) is 12.0. The number of benzene rings is 1. The third-order valence-electron chi connectivity index (χ3n) is 3.59. The molecule has 2 rings (SSSR count). The molecule has 6 heteroatoms. The minimum absolute atomic E-state index is 0.141. The van der Waals surface area contributed by atoms with Crippen molar-refractivity contribution < 1.29 is 14.3 Å². The Morgan fingerprint density at radius 3 is 2.90 bits per heavy atom. The van der Waals surface area contributed by atoms with Crippen molar-refractivity contribution in [1.82, 2.24) is 10.2 Å². The summed E-state index contributed by atoms with van der Waals surface area (Å²) in [4.78, 5) is 24.5. The molecule has 1 heterocycles. The zero-order valence-electron chi connectivity index (χ0n) is 12.0. The van der Waals surface area contributed by atoms with Gasteiger partial charge in [-0.25, -0.2) is 0 Å². The van der Waals surface area contributed by atoms with Crippen molar-refractivity contribution in [2.75, 3.05) is 14.2 Å². The maximum Gasteiger partial charge on any atom is 0.246 e. The van der Waals surface area contributed by atoms with Crippen LogP contribution in [0.15, 0.2) is 18.2 Å². The SMILES string of the molecule is COc1cc(CNC2CCC(=O)N(C)C2=O)ccc1C#N. The van der Waals surface area contributed by atoms with Crippen LogP contribution in [-0.4, -0.2) is 36.9 Å². The number of ether oxygens (including phenoxy) is 1. The van der Waals surface area contributed by atoms with Crippen LogP contribution in [0.25, 0.3) is 0 Å². The fourth-order valence-corrected chi connectivity index (χ4v) is 2.28. The van der Waals surface area contributed by atoms with Gasteiger partial charge in [0.15, 0.2) is 0 Å². The third kappa shape index (κ3) is 3.20. The number of carbonyl (C=O) groups excluding carboxylic acids is 2. The third-order valence-corrected chi connectivity index (χ3v) is 3.59. The summed E-state index contributed by atoms with van der Waals surface area (Å²) >= 11 is 0. The number of likely N-dealkylation sites (tertiary alicyclic amines) is 1. The summed E-state index contributed by atoms with van der Waals surface area (Å²) in [5, 5.41) is 12.1. The fraction of sp³-hybridized carbons (Fsp3) is 0.400. The van der Waals surface area contributed by atoms with E-state index in [4.69, 9.17) is 10.00 Å². The minimum Gasteiger partial charge on any atom is -0.495 e. The second kappa shape index (κ2) is 6.37. The van der Waals surface area contributed by atoms with Crippen molar-refractivity contribution in [3.63, 3.8) is 0 Å². The lowest BCUT2D eigenvalue weighted by atomic mass is 10.0. The Morgan fingerprint density at radius 1 is 1.48 bits per heavy atom. The molecule has 0 saturated carbocycles. The summed E-state index contributed by atoms with van der Waals surface area (Å²) in [7, 11) is 3.02. The number of nitrogens with one attached hydrogen (secondary N) is 1. The highest BCUT2D eigenvalue weighted by Crippen LogP contribution is 2.19. The van der Waals surface area contributed by atoms with Crippen LogP contribution in [0.3, 0.4) is 0 Å². The molecule has 0 radical (unpaired) electrons. The molecule has 6 nitrogen and oxygen atoms in total. The molecule has 0 spiro atoms. The Morgan fingerprint density at radius 2 is 2.24 bits per heavy atom. The van der Waals surface area contributed by atoms with E-state index in [2.05, 4.69) is 11.4 Å². The first-order valence-electron chi connectivity index (χ1n) is 6.67. The monoisotopic (exact) mass is 287 g/mol. The molecule has 1 aliphatic rings. The maximum atomic E-state index is 12.0. The van der Waals surface area contributed by atoms with Gasteiger partial charge in [0.2, 0.25) is 11.8 Å². The van der Waals surface area contributed by atoms with Crippen molar-refractivity contribution in [3.05, 3.63) is 29.3 Å². The van der Waals surface area contributed by atoms with Gasteiger partial charge in [-0.1, -0.05) is 6.07 Å². The zero-order chi connectivity index (χ0) is 15.4. The van der Waals surface area contributed by atoms with Gasteiger partial charge in [0.25, 0.3) is 0 Å². The van der Waals surface area contributed by atoms with Gasteiger partial charge in [0.05, 0.1) is 18.7 Å². The number of hydrogen-bond acceptors (Lipinski definition) is 5. The first-order valence-corrected chi connectivity index (χ1v) is 6.67. The van der Waals surface area contributed by atoms with E-state index in [1.54, 1.807) is 12.1 Å². The molecule has 1 unspecified atom stereocenters. The standard InChI is InChI=1S/C15H17N3O3/c1-18-14(19)6-5-12(15(18)20)17-9-10-3-4-11(8-16)13(7-10)21-2/h3-4,7,12,17H,5-6,9H2,1-2H3. The largest absolute Gasteiger partial charge is 0.495 e. The molecule has 1 aliphatic heterocycles. The normalized spacial score (nSPS) is 18.5. The smallest absolute Gasteiger partial charge is 0.246 e. The summed E-state index contributed by atoms with van der Waals surface area (Å²) in [6.45, 7) is 0.473. The average Bonchev–Trinajstić information content (AvgIpc) is 2.51. The van der Waals surface area contributed by atoms with E-state index in [9.17, 15) is 9.59 Å². The molecular weight excluding hydrogens is 270 g/mol. The first kappa shape index (κ1) is 15.0. The number of nitrogens with zero attached hydrogens (tertiary/aromatic N) is 2. The summed E-state index contributed by atoms with van der Waals surface area (Å²) in [5.74, 6) is 0.170. The maximum absolute atomic E-state index is 12.0. The summed E-state index contributed by atoms with van der Waals surface area (Å²) in [5.41, 5.74) is 1.39. The Hall–Kier alpha value is -2.39. The summed E-state index contributed by atoms with van der Waals surface area (Å²) in [6, 6.07) is 6.98. The fourth-order valence-electron chi connectivity index (χ4n) is 2.28. The van der Waals surface area contributed by atoms with E-state index < -0.39 is 0 Å². The summed E-state index contributed by atoms with van der Waals surface area (Å²) in [6.07, 6.45) is 0.881. The molecule has 2 amide bonds. The second-order valence-corrected chi connectivity index (χ2v) is 4.91. The van der Waals surface area contributed by atoms with Gasteiger partial charge in [0.1, 0.15) is 11.8 Å². The number of hydrogen-bond donors (Lipinski definition) is 1. The minimum atomic E-state index is -0.352. The first-order chi connectivity index (χ1) is 10.1. The summed E-state index contributed by atoms with van der Waals surface area (Å²) < 4.78 is 5.15. The number of imide groups is 1. The van der Waals surface area contributed by atoms with Crippen LogP contribution in [0.1, 0.15) is 24.0 Å². The van der Waals surface area contributed by atoms with Crippen LogP contribution in [0.4, 0.5) is 0 Å². The highest BCUT2D eigenvalue weighted by atomic mass is 16.5. The van der Waals surface area contributed by atoms with E-state index in [0.717, 1.165) is 5.56 Å². The molecule has 1 aromatic rings. The van der Waals surface area contributed by atoms with Crippen molar-refractivity contribution in [1.29, 1.82) is 5.26 Å². The van der Waals surface area contributed by atoms with Crippen molar-refractivity contribution in [2.24, 2.45) is 0 Å². The second-order valence-electron chi connectivity index (χ2n) is 4.91. The molecule has 21 heavy (non-hydrogen) atoms. The van der Waals surface area contributed by atoms with Gasteiger partial charge in [-0.05, 0) is 24.1 Å². The Kier molecular flexibility index (Phi) is 4.55. The van der Waals surface area contributed by atoms with Gasteiger partial charge >= 0.3 is 0 Å². The number of amides is 2. The van der Waals surface area contributed by atoms with Crippen LogP contribution in [0.2, 0.25) is 0 Å². The molecular formula is C15H17N3O3. The van der Waals surface area contributed by atoms with Gasteiger partial charge in [-0.3, -0.25) is 14.5 Å². The Labute approximate surface area is 123 Å². The Balaban J connectivity index is 2.02. The number of methoxy groups -OCH3 is 1. The molecule has 1 atom stereocenters. The van der Waals surface area contributed by atoms with Crippen LogP contribution >= 0.6 is 0 Å². The molecule has 0 aliphatic carbocycles. The van der Waals surface area contributed by atoms with Gasteiger partial charge in [0, 0.05) is 20.0 Å². The van der Waals surface area contributed by atoms with E-state index >= 15 is 0 Å². The molecule has 0 bridgehead atoms. The quantitative estimate of drug-likeness (QED) is 0.828. The topological polar surface area (TPSA) is 82.4 Å². The highest BCUT2D eigenvalue weighted by molar-refractivity contribution is 6.00. The molecule has 110 valence electrons. The van der Waals surface area contributed by atoms with Crippen molar-refractivity contribution in [3.8, 4) is 11.8 Å². The molecule has 1 N–H and O–H groups in total. The van der Waals surface area contributed by atoms with E-state index in [1.807, 2.05) is 6.07 Å². The number of carbonyl (C=O) groups is 2. The van der Waals surface area contributed by atoms with Crippen molar-refractivity contribution >= 4 is 11.8 Å². The molecule has 1 aromatic carbocycles. The van der Waals surface area contributed by atoms with E-state index in [1.165, 1.54) is 19.1 Å². The van der Waals surface area contributed by atoms with Crippen LogP contribution in [0, 0.1) is 11.3 Å². The molecule has 1 saturated heterocycles. The van der Waals surface area contributed by atoms with Gasteiger partial charge < -0.3 is 10.1 Å². The average molecular weight is 287 g/mol. The Bertz CT molecular complexity index is 607. The van der Waals surface area contributed by atoms with Gasteiger partial charge in [-0.2, -0.15) is 5.26 Å². The van der Waals surface area contributed by atoms with Crippen molar-refractivity contribution in [2.45, 2.75) is 25.4 Å². The lowest BCUT2D eigenvalue weighted by molar-refractivity contribution is -0.148. The molecule has 0 aromatic heterocycles. The predicted molar refractivity (Wildman–Crippen MR) is 75.3 cm³/mol. The molecule has 1 fully saturated rings. The lowest BCUT2D eigenvalue weighted by Gasteiger charge is -2.28. The van der Waals surface area contributed by atoms with Crippen LogP contribution in [-0.2, 0) is 16.1 Å². The number of piperidine rings is 1. The van der Waals surface area contributed by atoms with E-state index in [0.29, 0.717) is 30.7 Å². The van der Waals surface area contributed by atoms with Crippen LogP contribution < -0.4 is 10.1 Å². The predicted octanol–water partition coefficient (Wildman–Crippen LogP) is 0.804. The van der Waals surface area contributed by atoms with E-state index in [-0.39, 0.29) is 17.9 Å². The van der Waals surface area contributed by atoms with Gasteiger partial charge in [-0.15, -0.1) is 0 Å². The lowest BCUT2D eigenvalue weighted by Crippen LogP contribution is -2.51.